The second-order valence-electron chi connectivity index (χ2n) is 11.1. The van der Waals surface area contributed by atoms with E-state index < -0.39 is 0 Å². The molecule has 0 spiro atoms. The molecule has 1 atom stereocenters. The number of Topliss-reactive ketones (excluding diaryl/α,β-unsaturated/α-hetero) is 1. The van der Waals surface area contributed by atoms with E-state index in [1.807, 2.05) is 62.5 Å². The maximum atomic E-state index is 13.5. The van der Waals surface area contributed by atoms with Crippen molar-refractivity contribution < 1.29 is 14.3 Å². The van der Waals surface area contributed by atoms with Crippen molar-refractivity contribution in [1.29, 1.82) is 0 Å². The van der Waals surface area contributed by atoms with Gasteiger partial charge in [-0.2, -0.15) is 0 Å². The van der Waals surface area contributed by atoms with Gasteiger partial charge < -0.3 is 20.0 Å². The second kappa shape index (κ2) is 14.0. The third-order valence-electron chi connectivity index (χ3n) is 8.05. The van der Waals surface area contributed by atoms with Gasteiger partial charge in [0.15, 0.2) is 0 Å². The van der Waals surface area contributed by atoms with Crippen LogP contribution >= 0.6 is 0 Å². The number of imidazole rings is 1. The topological polar surface area (TPSA) is 99.9 Å². The lowest BCUT2D eigenvalue weighted by Crippen LogP contribution is -2.30. The average molecular weight is 577 g/mol. The number of nitrogens with zero attached hydrogens (tertiary/aromatic N) is 1. The first-order chi connectivity index (χ1) is 20.9. The molecule has 0 radical (unpaired) electrons. The number of hydrogen-bond donors (Lipinski definition) is 3. The fourth-order valence-electron chi connectivity index (χ4n) is 5.58. The Balaban J connectivity index is 1.34. The van der Waals surface area contributed by atoms with Crippen LogP contribution in [0.1, 0.15) is 68.6 Å². The Labute approximate surface area is 253 Å². The van der Waals surface area contributed by atoms with Gasteiger partial charge in [0.25, 0.3) is 0 Å². The summed E-state index contributed by atoms with van der Waals surface area (Å²) in [6, 6.07) is 24.2. The molecule has 0 aliphatic carbocycles. The number of ketones is 1. The lowest BCUT2D eigenvalue weighted by molar-refractivity contribution is -0.121. The Morgan fingerprint density at radius 2 is 1.70 bits per heavy atom. The molecule has 0 bridgehead atoms. The summed E-state index contributed by atoms with van der Waals surface area (Å²) in [7, 11) is 1.64. The van der Waals surface area contributed by atoms with Crippen molar-refractivity contribution >= 4 is 22.6 Å². The van der Waals surface area contributed by atoms with Crippen molar-refractivity contribution in [1.82, 2.24) is 20.3 Å². The van der Waals surface area contributed by atoms with Crippen molar-refractivity contribution in [3.8, 4) is 28.1 Å². The summed E-state index contributed by atoms with van der Waals surface area (Å²) in [6.07, 6.45) is 6.67. The maximum absolute atomic E-state index is 13.5. The lowest BCUT2D eigenvalue weighted by Gasteiger charge is -2.17. The Morgan fingerprint density at radius 3 is 2.49 bits per heavy atom. The normalized spacial score (nSPS) is 11.9. The molecular formula is C36H40N4O3. The van der Waals surface area contributed by atoms with Gasteiger partial charge in [0.1, 0.15) is 17.4 Å². The minimum atomic E-state index is -0.277. The molecule has 43 heavy (non-hydrogen) atoms. The van der Waals surface area contributed by atoms with Gasteiger partial charge in [-0.3, -0.25) is 9.59 Å². The van der Waals surface area contributed by atoms with E-state index in [1.54, 1.807) is 7.11 Å². The van der Waals surface area contributed by atoms with Gasteiger partial charge in [-0.15, -0.1) is 0 Å². The quantitative estimate of drug-likeness (QED) is 0.117. The van der Waals surface area contributed by atoms with Crippen LogP contribution in [0.2, 0.25) is 0 Å². The first-order valence-corrected chi connectivity index (χ1v) is 15.1. The number of H-pyrrole nitrogens is 2. The number of carbonyl (C=O) groups excluding carboxylic acids is 2. The molecule has 0 unspecified atom stereocenters. The molecule has 7 heteroatoms. The number of aromatic nitrogens is 3. The summed E-state index contributed by atoms with van der Waals surface area (Å²) in [4.78, 5) is 36.9. The first-order valence-electron chi connectivity index (χ1n) is 15.1. The number of carbonyl (C=O) groups is 2. The molecule has 7 nitrogen and oxygen atoms in total. The molecule has 0 saturated carbocycles. The number of amides is 1. The number of fused-ring (bicyclic) bond motifs is 1. The predicted octanol–water partition coefficient (Wildman–Crippen LogP) is 7.87. The number of nitrogens with one attached hydrogen (secondary N) is 3. The van der Waals surface area contributed by atoms with Crippen LogP contribution in [0.4, 0.5) is 0 Å². The summed E-state index contributed by atoms with van der Waals surface area (Å²) < 4.78 is 5.42. The monoisotopic (exact) mass is 576 g/mol. The van der Waals surface area contributed by atoms with E-state index in [2.05, 4.69) is 45.6 Å². The van der Waals surface area contributed by atoms with E-state index in [-0.39, 0.29) is 18.4 Å². The zero-order chi connectivity index (χ0) is 30.2. The fraction of sp³-hybridized carbons (Fsp3) is 0.306. The van der Waals surface area contributed by atoms with Crippen molar-refractivity contribution in [3.63, 3.8) is 0 Å². The molecule has 0 saturated heterocycles. The minimum absolute atomic E-state index is 0.0676. The minimum Gasteiger partial charge on any atom is -0.497 e. The number of methoxy groups -OCH3 is 1. The molecule has 0 aliphatic heterocycles. The van der Waals surface area contributed by atoms with E-state index in [0.29, 0.717) is 18.6 Å². The smallest absolute Gasteiger partial charge is 0.225 e. The summed E-state index contributed by atoms with van der Waals surface area (Å²) in [5, 5.41) is 4.25. The zero-order valence-electron chi connectivity index (χ0n) is 25.2. The highest BCUT2D eigenvalue weighted by molar-refractivity contribution is 5.91. The van der Waals surface area contributed by atoms with Crippen molar-refractivity contribution in [2.45, 2.75) is 64.8 Å². The molecule has 1 amide bonds. The van der Waals surface area contributed by atoms with E-state index in [4.69, 9.17) is 9.72 Å². The molecular weight excluding hydrogens is 536 g/mol. The lowest BCUT2D eigenvalue weighted by atomic mass is 10.0. The standard InChI is InChI=1S/C36H40N4O3/c1-4-28(41)16-9-6-10-17-33(39-35(42)22-30-24(2)38-32-19-18-29(43-3)21-31(30)32)36-37-23-34(40-36)27-15-11-14-26(20-27)25-12-7-5-8-13-25/h5,7-8,11-15,18-21,23,33,38H,4,6,9-10,16-17,22H2,1-3H3,(H,37,40)(H,39,42)/t33-/m0/s1. The Morgan fingerprint density at radius 1 is 0.907 bits per heavy atom. The molecule has 3 N–H and O–H groups in total. The highest BCUT2D eigenvalue weighted by Gasteiger charge is 2.21. The van der Waals surface area contributed by atoms with Crippen molar-refractivity contribution in [2.75, 3.05) is 7.11 Å². The highest BCUT2D eigenvalue weighted by atomic mass is 16.5. The number of aromatic amines is 2. The van der Waals surface area contributed by atoms with E-state index in [0.717, 1.165) is 81.8 Å². The Bertz CT molecular complexity index is 1690. The van der Waals surface area contributed by atoms with Gasteiger partial charge in [0.2, 0.25) is 5.91 Å². The van der Waals surface area contributed by atoms with Crippen LogP contribution in [0.5, 0.6) is 5.75 Å². The number of ether oxygens (including phenoxy) is 1. The summed E-state index contributed by atoms with van der Waals surface area (Å²) in [5.41, 5.74) is 7.13. The highest BCUT2D eigenvalue weighted by Crippen LogP contribution is 2.29. The van der Waals surface area contributed by atoms with Gasteiger partial charge in [-0.05, 0) is 60.7 Å². The van der Waals surface area contributed by atoms with Gasteiger partial charge in [0, 0.05) is 35.0 Å². The van der Waals surface area contributed by atoms with Crippen LogP contribution in [0.3, 0.4) is 0 Å². The summed E-state index contributed by atoms with van der Waals surface area (Å²) in [5.74, 6) is 1.72. The fourth-order valence-corrected chi connectivity index (χ4v) is 5.58. The number of unbranched alkanes of at least 4 members (excludes halogenated alkanes) is 2. The Kier molecular flexibility index (Phi) is 9.72. The van der Waals surface area contributed by atoms with Crippen LogP contribution in [0.25, 0.3) is 33.3 Å². The number of rotatable bonds is 14. The molecule has 222 valence electrons. The van der Waals surface area contributed by atoms with Gasteiger partial charge in [-0.1, -0.05) is 68.3 Å². The van der Waals surface area contributed by atoms with Crippen molar-refractivity contribution in [3.05, 3.63) is 96.1 Å². The number of benzene rings is 3. The average Bonchev–Trinajstić information content (AvgIpc) is 3.65. The maximum Gasteiger partial charge on any atom is 0.225 e. The third kappa shape index (κ3) is 7.41. The number of hydrogen-bond acceptors (Lipinski definition) is 4. The third-order valence-corrected chi connectivity index (χ3v) is 8.05. The predicted molar refractivity (Wildman–Crippen MR) is 172 cm³/mol. The number of aryl methyl sites for hydroxylation is 1. The van der Waals surface area contributed by atoms with E-state index in [1.165, 1.54) is 0 Å². The summed E-state index contributed by atoms with van der Waals surface area (Å²) in [6.45, 7) is 3.90. The van der Waals surface area contributed by atoms with Gasteiger partial charge in [0.05, 0.1) is 31.5 Å². The Hall–Kier alpha value is -4.65. The van der Waals surface area contributed by atoms with Crippen LogP contribution in [-0.2, 0) is 16.0 Å². The van der Waals surface area contributed by atoms with Crippen LogP contribution in [0.15, 0.2) is 79.0 Å². The molecule has 2 aromatic heterocycles. The van der Waals surface area contributed by atoms with Crippen LogP contribution in [-0.4, -0.2) is 33.8 Å². The largest absolute Gasteiger partial charge is 0.497 e. The van der Waals surface area contributed by atoms with E-state index >= 15 is 0 Å². The van der Waals surface area contributed by atoms with E-state index in [9.17, 15) is 9.59 Å². The molecule has 2 heterocycles. The summed E-state index contributed by atoms with van der Waals surface area (Å²) >= 11 is 0. The van der Waals surface area contributed by atoms with Crippen LogP contribution < -0.4 is 10.1 Å². The molecule has 0 fully saturated rings. The molecule has 5 aromatic rings. The van der Waals surface area contributed by atoms with Crippen LogP contribution in [0, 0.1) is 6.92 Å². The SMILES string of the molecule is CCC(=O)CCCCC[C@H](NC(=O)Cc1c(C)[nH]c2ccc(OC)cc12)c1ncc(-c2cccc(-c3ccccc3)c2)[nH]1. The first kappa shape index (κ1) is 29.8. The van der Waals surface area contributed by atoms with Gasteiger partial charge >= 0.3 is 0 Å². The molecule has 5 rings (SSSR count). The van der Waals surface area contributed by atoms with Gasteiger partial charge in [-0.25, -0.2) is 4.98 Å². The zero-order valence-corrected chi connectivity index (χ0v) is 25.2. The second-order valence-corrected chi connectivity index (χ2v) is 11.1. The molecule has 3 aromatic carbocycles. The molecule has 0 aliphatic rings. The van der Waals surface area contributed by atoms with Crippen molar-refractivity contribution in [2.24, 2.45) is 0 Å².